The molecule has 1 fully saturated rings. The lowest BCUT2D eigenvalue weighted by Crippen LogP contribution is -2.51. The summed E-state index contributed by atoms with van der Waals surface area (Å²) in [5.41, 5.74) is 0.752. The molecule has 0 aromatic heterocycles. The first-order chi connectivity index (χ1) is 17.5. The maximum Gasteiger partial charge on any atom is 0.416 e. The lowest BCUT2D eigenvalue weighted by atomic mass is 9.60. The fraction of sp³-hybridized carbons (Fsp3) is 0.367. The summed E-state index contributed by atoms with van der Waals surface area (Å²) in [5.74, 6) is -1.14. The zero-order chi connectivity index (χ0) is 26.6. The minimum Gasteiger partial charge on any atom is -0.299 e. The van der Waals surface area contributed by atoms with Crippen LogP contribution >= 0.6 is 0 Å². The average molecular weight is 527 g/mol. The molecule has 7 heteroatoms. The van der Waals surface area contributed by atoms with Gasteiger partial charge < -0.3 is 0 Å². The number of rotatable bonds is 5. The van der Waals surface area contributed by atoms with Gasteiger partial charge in [-0.25, -0.2) is 8.42 Å². The second-order valence-corrected chi connectivity index (χ2v) is 12.8. The van der Waals surface area contributed by atoms with Crippen molar-refractivity contribution in [2.45, 2.75) is 61.3 Å². The van der Waals surface area contributed by atoms with E-state index in [4.69, 9.17) is 0 Å². The number of ketones is 1. The van der Waals surface area contributed by atoms with Crippen molar-refractivity contribution in [1.29, 1.82) is 0 Å². The van der Waals surface area contributed by atoms with Crippen molar-refractivity contribution < 1.29 is 26.4 Å². The highest BCUT2D eigenvalue weighted by atomic mass is 32.2. The number of carbonyl (C=O) groups excluding carboxylic acids is 1. The lowest BCUT2D eigenvalue weighted by molar-refractivity contribution is -0.137. The largest absolute Gasteiger partial charge is 0.416 e. The molecule has 0 spiro atoms. The van der Waals surface area contributed by atoms with Gasteiger partial charge in [-0.2, -0.15) is 13.2 Å². The van der Waals surface area contributed by atoms with Gasteiger partial charge in [0, 0.05) is 18.3 Å². The summed E-state index contributed by atoms with van der Waals surface area (Å²) in [4.78, 5) is 12.8. The number of halogens is 3. The van der Waals surface area contributed by atoms with Gasteiger partial charge in [0.15, 0.2) is 9.84 Å². The van der Waals surface area contributed by atoms with Crippen LogP contribution in [0.5, 0.6) is 0 Å². The molecule has 2 aliphatic carbocycles. The second kappa shape index (κ2) is 9.12. The van der Waals surface area contributed by atoms with Crippen molar-refractivity contribution >= 4 is 32.5 Å². The Morgan fingerprint density at radius 3 is 2.54 bits per heavy atom. The highest BCUT2D eigenvalue weighted by Crippen LogP contribution is 2.56. The van der Waals surface area contributed by atoms with Crippen molar-refractivity contribution in [3.8, 4) is 0 Å². The van der Waals surface area contributed by atoms with Crippen molar-refractivity contribution in [3.63, 3.8) is 0 Å². The molecule has 4 unspecified atom stereocenters. The van der Waals surface area contributed by atoms with E-state index in [1.54, 1.807) is 6.92 Å². The number of benzene rings is 3. The second-order valence-electron chi connectivity index (χ2n) is 10.4. The minimum atomic E-state index is -4.65. The van der Waals surface area contributed by atoms with Crippen LogP contribution < -0.4 is 0 Å². The standard InChI is InChI=1S/C30H29F3O3S/c1-3-7-27(34)24-16-17-29(2,37(35,36)21-10-6-9-20(18-21)30(31,32)33)28-25-13-12-19-8-4-5-11-22(19)23(25)14-15-26(24)28/h4-6,8-15,18,24,26,28H,3,7,16-17H2,1-2H3. The van der Waals surface area contributed by atoms with E-state index < -0.39 is 32.2 Å². The number of sulfone groups is 1. The molecule has 4 atom stereocenters. The molecule has 0 saturated heterocycles. The van der Waals surface area contributed by atoms with Crippen LogP contribution in [0.4, 0.5) is 13.2 Å². The van der Waals surface area contributed by atoms with E-state index in [1.165, 1.54) is 6.07 Å². The molecular formula is C30H29F3O3S. The monoisotopic (exact) mass is 526 g/mol. The molecule has 3 nitrogen and oxygen atoms in total. The van der Waals surface area contributed by atoms with Gasteiger partial charge in [0.1, 0.15) is 5.78 Å². The number of hydrogen-bond donors (Lipinski definition) is 0. The van der Waals surface area contributed by atoms with Crippen LogP contribution in [0.2, 0.25) is 0 Å². The van der Waals surface area contributed by atoms with Gasteiger partial charge in [-0.3, -0.25) is 4.79 Å². The van der Waals surface area contributed by atoms with E-state index in [1.807, 2.05) is 55.5 Å². The summed E-state index contributed by atoms with van der Waals surface area (Å²) in [7, 11) is -4.22. The van der Waals surface area contributed by atoms with Crippen molar-refractivity contribution in [3.05, 3.63) is 83.4 Å². The topological polar surface area (TPSA) is 51.2 Å². The van der Waals surface area contributed by atoms with Gasteiger partial charge >= 0.3 is 6.18 Å². The van der Waals surface area contributed by atoms with Gasteiger partial charge in [0.2, 0.25) is 0 Å². The number of alkyl halides is 3. The maximum absolute atomic E-state index is 14.2. The van der Waals surface area contributed by atoms with Crippen LogP contribution in [0.3, 0.4) is 0 Å². The van der Waals surface area contributed by atoms with Crippen LogP contribution in [0, 0.1) is 11.8 Å². The fourth-order valence-electron chi connectivity index (χ4n) is 6.41. The zero-order valence-electron chi connectivity index (χ0n) is 20.8. The highest BCUT2D eigenvalue weighted by Gasteiger charge is 2.56. The Balaban J connectivity index is 1.71. The predicted molar refractivity (Wildman–Crippen MR) is 139 cm³/mol. The van der Waals surface area contributed by atoms with Crippen LogP contribution in [0.25, 0.3) is 16.8 Å². The Bertz CT molecular complexity index is 1510. The molecule has 37 heavy (non-hydrogen) atoms. The van der Waals surface area contributed by atoms with E-state index in [0.29, 0.717) is 19.3 Å². The maximum atomic E-state index is 14.2. The average Bonchev–Trinajstić information content (AvgIpc) is 2.88. The van der Waals surface area contributed by atoms with Gasteiger partial charge in [0.05, 0.1) is 15.2 Å². The van der Waals surface area contributed by atoms with Gasteiger partial charge in [-0.1, -0.05) is 61.5 Å². The molecule has 0 amide bonds. The molecule has 0 bridgehead atoms. The first-order valence-electron chi connectivity index (χ1n) is 12.6. The molecule has 0 heterocycles. The smallest absolute Gasteiger partial charge is 0.299 e. The third-order valence-corrected chi connectivity index (χ3v) is 10.8. The Kier molecular flexibility index (Phi) is 6.34. The molecule has 3 aromatic carbocycles. The number of carbonyl (C=O) groups is 1. The molecule has 3 aromatic rings. The Morgan fingerprint density at radius 1 is 1.05 bits per heavy atom. The molecule has 194 valence electrons. The zero-order valence-corrected chi connectivity index (χ0v) is 21.6. The number of hydrogen-bond acceptors (Lipinski definition) is 3. The number of allylic oxidation sites excluding steroid dienone is 1. The molecule has 0 aliphatic heterocycles. The third kappa shape index (κ3) is 4.12. The first kappa shape index (κ1) is 25.7. The summed E-state index contributed by atoms with van der Waals surface area (Å²) in [6, 6.07) is 15.8. The Morgan fingerprint density at radius 2 is 1.81 bits per heavy atom. The van der Waals surface area contributed by atoms with Crippen LogP contribution in [0.15, 0.2) is 71.6 Å². The van der Waals surface area contributed by atoms with Crippen molar-refractivity contribution in [1.82, 2.24) is 0 Å². The Labute approximate surface area is 215 Å². The van der Waals surface area contributed by atoms with E-state index in [9.17, 15) is 26.4 Å². The normalized spacial score (nSPS) is 25.5. The van der Waals surface area contributed by atoms with Crippen LogP contribution in [0.1, 0.15) is 62.1 Å². The summed E-state index contributed by atoms with van der Waals surface area (Å²) >= 11 is 0. The van der Waals surface area contributed by atoms with Gasteiger partial charge in [0.25, 0.3) is 0 Å². The molecule has 2 aliphatic rings. The fourth-order valence-corrected chi connectivity index (χ4v) is 8.49. The van der Waals surface area contributed by atoms with Gasteiger partial charge in [-0.15, -0.1) is 0 Å². The van der Waals surface area contributed by atoms with Crippen molar-refractivity contribution in [2.75, 3.05) is 0 Å². The van der Waals surface area contributed by atoms with Crippen LogP contribution in [-0.2, 0) is 20.8 Å². The molecule has 0 radical (unpaired) electrons. The minimum absolute atomic E-state index is 0.116. The summed E-state index contributed by atoms with van der Waals surface area (Å²) in [6.45, 7) is 3.59. The van der Waals surface area contributed by atoms with Crippen molar-refractivity contribution in [2.24, 2.45) is 11.8 Å². The SMILES string of the molecule is CCCC(=O)C1CCC(C)(S(=O)(=O)c2cccc(C(F)(F)F)c2)C2c3ccc4ccccc4c3C=CC12. The highest BCUT2D eigenvalue weighted by molar-refractivity contribution is 7.92. The molecule has 0 N–H and O–H groups in total. The molecule has 5 rings (SSSR count). The third-order valence-electron chi connectivity index (χ3n) is 8.28. The number of Topliss-reactive ketones (excluding diaryl/α,β-unsaturated/α-hetero) is 1. The summed E-state index contributed by atoms with van der Waals surface area (Å²) in [5, 5.41) is 2.00. The molecule has 1 saturated carbocycles. The predicted octanol–water partition coefficient (Wildman–Crippen LogP) is 7.60. The first-order valence-corrected chi connectivity index (χ1v) is 14.1. The quantitative estimate of drug-likeness (QED) is 0.344. The lowest BCUT2D eigenvalue weighted by Gasteiger charge is -2.49. The van der Waals surface area contributed by atoms with E-state index >= 15 is 0 Å². The van der Waals surface area contributed by atoms with Crippen LogP contribution in [-0.4, -0.2) is 18.9 Å². The molecular weight excluding hydrogens is 497 g/mol. The number of fused-ring (bicyclic) bond motifs is 5. The summed E-state index contributed by atoms with van der Waals surface area (Å²) in [6.07, 6.45) is 0.999. The Hall–Kier alpha value is -2.93. The van der Waals surface area contributed by atoms with E-state index in [0.717, 1.165) is 40.1 Å². The summed E-state index contributed by atoms with van der Waals surface area (Å²) < 4.78 is 67.5. The van der Waals surface area contributed by atoms with Gasteiger partial charge in [-0.05, 0) is 72.2 Å². The van der Waals surface area contributed by atoms with E-state index in [-0.39, 0.29) is 28.9 Å². The van der Waals surface area contributed by atoms with E-state index in [2.05, 4.69) is 0 Å².